The monoisotopic (exact) mass is 542 g/mol. The lowest BCUT2D eigenvalue weighted by molar-refractivity contribution is 0.230. The van der Waals surface area contributed by atoms with Crippen LogP contribution in [0.25, 0.3) is 0 Å². The van der Waals surface area contributed by atoms with E-state index in [9.17, 15) is 4.79 Å². The number of aromatic nitrogens is 3. The van der Waals surface area contributed by atoms with Gasteiger partial charge >= 0.3 is 5.69 Å². The smallest absolute Gasteiger partial charge is 0.345 e. The molecule has 172 valence electrons. The number of rotatable bonds is 9. The summed E-state index contributed by atoms with van der Waals surface area (Å²) in [7, 11) is 0. The molecule has 1 aliphatic heterocycles. The number of guanidine groups is 1. The molecule has 8 nitrogen and oxygen atoms in total. The molecule has 9 heteroatoms. The number of nitrogens with one attached hydrogen (secondary N) is 2. The van der Waals surface area contributed by atoms with Gasteiger partial charge in [-0.15, -0.1) is 24.0 Å². The van der Waals surface area contributed by atoms with Gasteiger partial charge in [-0.25, -0.2) is 14.5 Å². The molecule has 1 atom stereocenters. The first-order chi connectivity index (χ1) is 14.6. The molecule has 0 radical (unpaired) electrons. The number of aryl methyl sites for hydroxylation is 3. The van der Waals surface area contributed by atoms with Crippen molar-refractivity contribution < 1.29 is 4.74 Å². The minimum absolute atomic E-state index is 0. The molecule has 31 heavy (non-hydrogen) atoms. The summed E-state index contributed by atoms with van der Waals surface area (Å²) in [5, 5.41) is 11.1. The molecule has 3 rings (SSSR count). The third-order valence-corrected chi connectivity index (χ3v) is 5.05. The van der Waals surface area contributed by atoms with Crippen LogP contribution in [0.4, 0.5) is 0 Å². The molecule has 0 fully saturated rings. The second-order valence-electron chi connectivity index (χ2n) is 7.78. The standard InChI is InChI=1S/C22H34N6O2.HI/c1-4-23-21(25-16-18(3)30-19-10-7-9-17(2)15-19)24-12-8-14-28-22(29)27-13-6-5-11-20(27)26-28;/h7,9-10,15,18H,4-6,8,11-14,16H2,1-3H3,(H2,23,24,25);1H. The van der Waals surface area contributed by atoms with E-state index in [1.54, 1.807) is 4.68 Å². The van der Waals surface area contributed by atoms with E-state index in [0.29, 0.717) is 19.6 Å². The second kappa shape index (κ2) is 12.7. The van der Waals surface area contributed by atoms with E-state index >= 15 is 0 Å². The zero-order chi connectivity index (χ0) is 21.3. The fraction of sp³-hybridized carbons (Fsp3) is 0.591. The average Bonchev–Trinajstić information content (AvgIpc) is 3.05. The van der Waals surface area contributed by atoms with Crippen molar-refractivity contribution in [2.45, 2.75) is 65.6 Å². The first-order valence-electron chi connectivity index (χ1n) is 11.0. The van der Waals surface area contributed by atoms with Crippen LogP contribution in [0.1, 0.15) is 44.5 Å². The second-order valence-corrected chi connectivity index (χ2v) is 7.78. The van der Waals surface area contributed by atoms with Crippen LogP contribution in [0, 0.1) is 6.92 Å². The van der Waals surface area contributed by atoms with Crippen molar-refractivity contribution >= 4 is 29.9 Å². The topological polar surface area (TPSA) is 85.5 Å². The summed E-state index contributed by atoms with van der Waals surface area (Å²) in [5.74, 6) is 2.55. The Morgan fingerprint density at radius 2 is 2.16 bits per heavy atom. The number of halogens is 1. The quantitative estimate of drug-likeness (QED) is 0.220. The van der Waals surface area contributed by atoms with E-state index in [2.05, 4.69) is 33.7 Å². The normalized spacial score (nSPS) is 14.4. The van der Waals surface area contributed by atoms with E-state index in [4.69, 9.17) is 4.74 Å². The maximum Gasteiger partial charge on any atom is 0.345 e. The molecular weight excluding hydrogens is 507 g/mol. The Morgan fingerprint density at radius 3 is 2.90 bits per heavy atom. The predicted octanol–water partition coefficient (Wildman–Crippen LogP) is 2.72. The van der Waals surface area contributed by atoms with E-state index in [1.807, 2.05) is 36.6 Å². The molecule has 1 unspecified atom stereocenters. The fourth-order valence-corrected chi connectivity index (χ4v) is 3.55. The van der Waals surface area contributed by atoms with E-state index < -0.39 is 0 Å². The van der Waals surface area contributed by atoms with E-state index in [0.717, 1.165) is 56.3 Å². The van der Waals surface area contributed by atoms with E-state index in [-0.39, 0.29) is 35.8 Å². The summed E-state index contributed by atoms with van der Waals surface area (Å²) in [6, 6.07) is 8.04. The van der Waals surface area contributed by atoms with Gasteiger partial charge in [0.2, 0.25) is 0 Å². The number of ether oxygens (including phenoxy) is 1. The summed E-state index contributed by atoms with van der Waals surface area (Å²) in [4.78, 5) is 17.0. The lowest BCUT2D eigenvalue weighted by atomic mass is 10.2. The van der Waals surface area contributed by atoms with Crippen molar-refractivity contribution in [3.8, 4) is 5.75 Å². The highest BCUT2D eigenvalue weighted by Gasteiger charge is 2.16. The van der Waals surface area contributed by atoms with Crippen molar-refractivity contribution in [3.63, 3.8) is 0 Å². The van der Waals surface area contributed by atoms with Gasteiger partial charge in [0.15, 0.2) is 5.96 Å². The SMILES string of the molecule is CCNC(=NCC(C)Oc1cccc(C)c1)NCCCn1nc2n(c1=O)CCCC2.I. The number of hydrogen-bond donors (Lipinski definition) is 2. The Hall–Kier alpha value is -2.04. The predicted molar refractivity (Wildman–Crippen MR) is 135 cm³/mol. The molecule has 0 aliphatic carbocycles. The Kier molecular flexibility index (Phi) is 10.4. The highest BCUT2D eigenvalue weighted by Crippen LogP contribution is 2.14. The van der Waals surface area contributed by atoms with Crippen molar-refractivity contribution in [1.82, 2.24) is 25.0 Å². The molecule has 1 aromatic heterocycles. The Morgan fingerprint density at radius 1 is 1.32 bits per heavy atom. The van der Waals surface area contributed by atoms with Crippen LogP contribution in [0.2, 0.25) is 0 Å². The number of benzene rings is 1. The van der Waals surface area contributed by atoms with Crippen LogP contribution >= 0.6 is 24.0 Å². The Balaban J connectivity index is 0.00000341. The summed E-state index contributed by atoms with van der Waals surface area (Å²) in [6.45, 7) is 9.57. The summed E-state index contributed by atoms with van der Waals surface area (Å²) >= 11 is 0. The van der Waals surface area contributed by atoms with Crippen LogP contribution in [0.5, 0.6) is 5.75 Å². The lowest BCUT2D eigenvalue weighted by Gasteiger charge is -2.15. The van der Waals surface area contributed by atoms with Crippen LogP contribution in [0.3, 0.4) is 0 Å². The molecule has 2 N–H and O–H groups in total. The zero-order valence-corrected chi connectivity index (χ0v) is 21.1. The zero-order valence-electron chi connectivity index (χ0n) is 18.8. The summed E-state index contributed by atoms with van der Waals surface area (Å²) < 4.78 is 9.37. The Bertz CT molecular complexity index is 908. The van der Waals surface area contributed by atoms with Gasteiger partial charge in [0.1, 0.15) is 17.7 Å². The van der Waals surface area contributed by atoms with Gasteiger partial charge in [0.05, 0.1) is 6.54 Å². The van der Waals surface area contributed by atoms with Crippen molar-refractivity contribution in [2.75, 3.05) is 19.6 Å². The van der Waals surface area contributed by atoms with Gasteiger partial charge in [-0.1, -0.05) is 12.1 Å². The van der Waals surface area contributed by atoms with Crippen molar-refractivity contribution in [3.05, 3.63) is 46.1 Å². The van der Waals surface area contributed by atoms with Crippen LogP contribution in [-0.4, -0.2) is 46.0 Å². The number of aliphatic imine (C=N–C) groups is 1. The molecule has 0 saturated heterocycles. The van der Waals surface area contributed by atoms with E-state index in [1.165, 1.54) is 5.56 Å². The molecular formula is C22H35IN6O2. The van der Waals surface area contributed by atoms with Gasteiger partial charge in [0.25, 0.3) is 0 Å². The van der Waals surface area contributed by atoms with Gasteiger partial charge in [0, 0.05) is 32.6 Å². The van der Waals surface area contributed by atoms with Crippen LogP contribution in [0.15, 0.2) is 34.1 Å². The molecule has 1 aromatic carbocycles. The minimum atomic E-state index is -0.0299. The largest absolute Gasteiger partial charge is 0.489 e. The van der Waals surface area contributed by atoms with Crippen LogP contribution in [-0.2, 0) is 19.5 Å². The average molecular weight is 542 g/mol. The molecule has 2 heterocycles. The van der Waals surface area contributed by atoms with Crippen LogP contribution < -0.4 is 21.1 Å². The highest BCUT2D eigenvalue weighted by atomic mass is 127. The summed E-state index contributed by atoms with van der Waals surface area (Å²) in [6.07, 6.45) is 3.86. The number of fused-ring (bicyclic) bond motifs is 1. The maximum atomic E-state index is 12.4. The molecule has 0 saturated carbocycles. The van der Waals surface area contributed by atoms with Gasteiger partial charge in [-0.05, 0) is 57.7 Å². The fourth-order valence-electron chi connectivity index (χ4n) is 3.55. The molecule has 0 bridgehead atoms. The molecule has 0 spiro atoms. The minimum Gasteiger partial charge on any atom is -0.489 e. The number of hydrogen-bond acceptors (Lipinski definition) is 4. The van der Waals surface area contributed by atoms with Gasteiger partial charge in [-0.3, -0.25) is 4.57 Å². The number of nitrogens with zero attached hydrogens (tertiary/aromatic N) is 4. The lowest BCUT2D eigenvalue weighted by Crippen LogP contribution is -2.39. The molecule has 2 aromatic rings. The van der Waals surface area contributed by atoms with Crippen molar-refractivity contribution in [1.29, 1.82) is 0 Å². The third-order valence-electron chi connectivity index (χ3n) is 5.05. The molecule has 0 amide bonds. The first kappa shape index (κ1) is 25.2. The van der Waals surface area contributed by atoms with Gasteiger partial charge < -0.3 is 15.4 Å². The first-order valence-corrected chi connectivity index (χ1v) is 11.0. The Labute approximate surface area is 201 Å². The van der Waals surface area contributed by atoms with Gasteiger partial charge in [-0.2, -0.15) is 5.10 Å². The summed E-state index contributed by atoms with van der Waals surface area (Å²) in [5.41, 5.74) is 1.20. The third kappa shape index (κ3) is 7.55. The highest BCUT2D eigenvalue weighted by molar-refractivity contribution is 14.0. The maximum absolute atomic E-state index is 12.4. The van der Waals surface area contributed by atoms with Crippen molar-refractivity contribution in [2.24, 2.45) is 4.99 Å². The molecule has 1 aliphatic rings.